The van der Waals surface area contributed by atoms with Gasteiger partial charge in [-0.25, -0.2) is 0 Å². The van der Waals surface area contributed by atoms with Crippen molar-refractivity contribution < 1.29 is 9.59 Å². The molecule has 1 heterocycles. The normalized spacial score (nSPS) is 10.5. The molecule has 2 rings (SSSR count). The van der Waals surface area contributed by atoms with Crippen molar-refractivity contribution in [3.05, 3.63) is 44.0 Å². The van der Waals surface area contributed by atoms with Crippen molar-refractivity contribution in [1.29, 1.82) is 0 Å². The van der Waals surface area contributed by atoms with Gasteiger partial charge in [0, 0.05) is 36.1 Å². The number of nitrogens with zero attached hydrogens (tertiary/aromatic N) is 1. The highest BCUT2D eigenvalue weighted by molar-refractivity contribution is 7.07. The minimum absolute atomic E-state index is 0.0809. The predicted octanol–water partition coefficient (Wildman–Crippen LogP) is 3.25. The average molecular weight is 368 g/mol. The molecule has 6 nitrogen and oxygen atoms in total. The molecule has 1 aromatic heterocycles. The van der Waals surface area contributed by atoms with Crippen molar-refractivity contribution in [3.8, 4) is 0 Å². The third-order valence-corrected chi connectivity index (χ3v) is 4.59. The molecule has 24 heavy (non-hydrogen) atoms. The maximum atomic E-state index is 12.1. The van der Waals surface area contributed by atoms with Crippen LogP contribution in [0.1, 0.15) is 25.5 Å². The average Bonchev–Trinajstić information content (AvgIpc) is 2.87. The van der Waals surface area contributed by atoms with Crippen LogP contribution in [0.3, 0.4) is 0 Å². The number of hydrogen-bond donors (Lipinski definition) is 2. The maximum Gasteiger partial charge on any atom is 0.307 e. The number of anilines is 2. The molecule has 2 N–H and O–H groups in total. The Labute approximate surface area is 148 Å². The number of benzene rings is 1. The zero-order valence-corrected chi connectivity index (χ0v) is 15.0. The lowest BCUT2D eigenvalue weighted by molar-refractivity contribution is -0.117. The summed E-state index contributed by atoms with van der Waals surface area (Å²) in [5.74, 6) is -0.379. The van der Waals surface area contributed by atoms with E-state index in [0.29, 0.717) is 29.4 Å². The number of rotatable bonds is 6. The van der Waals surface area contributed by atoms with Gasteiger partial charge >= 0.3 is 4.87 Å². The Morgan fingerprint density at radius 1 is 1.25 bits per heavy atom. The summed E-state index contributed by atoms with van der Waals surface area (Å²) in [7, 11) is 0. The molecule has 128 valence electrons. The van der Waals surface area contributed by atoms with Gasteiger partial charge < -0.3 is 15.2 Å². The zero-order valence-electron chi connectivity index (χ0n) is 13.4. The number of aryl methyl sites for hydroxylation is 1. The molecular weight excluding hydrogens is 350 g/mol. The molecule has 0 bridgehead atoms. The number of hydrogen-bond acceptors (Lipinski definition) is 4. The first-order valence-corrected chi connectivity index (χ1v) is 8.70. The summed E-state index contributed by atoms with van der Waals surface area (Å²) in [4.78, 5) is 35.1. The summed E-state index contributed by atoms with van der Waals surface area (Å²) >= 11 is 7.19. The predicted molar refractivity (Wildman–Crippen MR) is 96.9 cm³/mol. The first kappa shape index (κ1) is 18.2. The van der Waals surface area contributed by atoms with E-state index in [9.17, 15) is 14.4 Å². The summed E-state index contributed by atoms with van der Waals surface area (Å²) in [6, 6.07) is 4.88. The number of aromatic nitrogens is 1. The Morgan fingerprint density at radius 3 is 2.62 bits per heavy atom. The molecule has 2 amide bonds. The summed E-state index contributed by atoms with van der Waals surface area (Å²) in [6.07, 6.45) is 0.512. The van der Waals surface area contributed by atoms with E-state index in [1.54, 1.807) is 35.1 Å². The quantitative estimate of drug-likeness (QED) is 0.822. The summed E-state index contributed by atoms with van der Waals surface area (Å²) < 4.78 is 1.56. The Morgan fingerprint density at radius 2 is 2.00 bits per heavy atom. The number of amides is 2. The number of carbonyl (C=O) groups is 2. The molecule has 1 aromatic carbocycles. The van der Waals surface area contributed by atoms with Crippen LogP contribution in [0.5, 0.6) is 0 Å². The second-order valence-corrected chi connectivity index (χ2v) is 6.42. The van der Waals surface area contributed by atoms with Crippen molar-refractivity contribution in [1.82, 2.24) is 4.57 Å². The van der Waals surface area contributed by atoms with Crippen LogP contribution in [0.25, 0.3) is 0 Å². The smallest absolute Gasteiger partial charge is 0.307 e. The molecular formula is C16H18ClN3O3S. The fourth-order valence-corrected chi connectivity index (χ4v) is 2.97. The lowest BCUT2D eigenvalue weighted by atomic mass is 10.2. The molecule has 0 fully saturated rings. The van der Waals surface area contributed by atoms with E-state index in [0.717, 1.165) is 17.0 Å². The molecule has 0 unspecified atom stereocenters. The number of nitrogens with one attached hydrogen (secondary N) is 2. The van der Waals surface area contributed by atoms with Gasteiger partial charge in [0.15, 0.2) is 0 Å². The van der Waals surface area contributed by atoms with Crippen molar-refractivity contribution in [3.63, 3.8) is 0 Å². The van der Waals surface area contributed by atoms with Crippen LogP contribution in [-0.4, -0.2) is 16.4 Å². The molecule has 0 atom stereocenters. The minimum atomic E-state index is -0.256. The van der Waals surface area contributed by atoms with E-state index in [1.165, 1.54) is 0 Å². The van der Waals surface area contributed by atoms with Gasteiger partial charge in [-0.05, 0) is 25.1 Å². The van der Waals surface area contributed by atoms with Gasteiger partial charge in [-0.2, -0.15) is 0 Å². The molecule has 0 aliphatic heterocycles. The summed E-state index contributed by atoms with van der Waals surface area (Å²) in [6.45, 7) is 3.89. The van der Waals surface area contributed by atoms with E-state index >= 15 is 0 Å². The Kier molecular flexibility index (Phi) is 6.16. The van der Waals surface area contributed by atoms with Crippen LogP contribution in [0.15, 0.2) is 28.4 Å². The van der Waals surface area contributed by atoms with Crippen LogP contribution in [-0.2, 0) is 16.1 Å². The highest BCUT2D eigenvalue weighted by Gasteiger charge is 2.10. The van der Waals surface area contributed by atoms with Crippen LogP contribution < -0.4 is 15.5 Å². The SMILES string of the molecule is CCC(=O)Nc1ccc(Cl)c(NC(=O)CCn2c(C)csc2=O)c1. The summed E-state index contributed by atoms with van der Waals surface area (Å²) in [5.41, 5.74) is 1.82. The Bertz CT molecular complexity index is 813. The lowest BCUT2D eigenvalue weighted by Crippen LogP contribution is -2.20. The van der Waals surface area contributed by atoms with E-state index in [4.69, 9.17) is 11.6 Å². The molecule has 0 saturated carbocycles. The second kappa shape index (κ2) is 8.12. The third kappa shape index (κ3) is 4.69. The first-order valence-electron chi connectivity index (χ1n) is 7.45. The lowest BCUT2D eigenvalue weighted by Gasteiger charge is -2.11. The van der Waals surface area contributed by atoms with Gasteiger partial charge in [0.25, 0.3) is 0 Å². The Hall–Kier alpha value is -2.12. The van der Waals surface area contributed by atoms with Crippen LogP contribution in [0, 0.1) is 6.92 Å². The molecule has 0 spiro atoms. The monoisotopic (exact) mass is 367 g/mol. The molecule has 0 radical (unpaired) electrons. The summed E-state index contributed by atoms with van der Waals surface area (Å²) in [5, 5.41) is 7.56. The highest BCUT2D eigenvalue weighted by Crippen LogP contribution is 2.25. The molecule has 2 aromatic rings. The Balaban J connectivity index is 2.01. The van der Waals surface area contributed by atoms with Crippen LogP contribution in [0.2, 0.25) is 5.02 Å². The van der Waals surface area contributed by atoms with Gasteiger partial charge in [0.2, 0.25) is 11.8 Å². The standard InChI is InChI=1S/C16H18ClN3O3S/c1-3-14(21)18-11-4-5-12(17)13(8-11)19-15(22)6-7-20-10(2)9-24-16(20)23/h4-5,8-9H,3,6-7H2,1-2H3,(H,18,21)(H,19,22). The van der Waals surface area contributed by atoms with Crippen molar-refractivity contribution in [2.75, 3.05) is 10.6 Å². The van der Waals surface area contributed by atoms with E-state index in [-0.39, 0.29) is 23.1 Å². The topological polar surface area (TPSA) is 80.2 Å². The number of carbonyl (C=O) groups excluding carboxylic acids is 2. The largest absolute Gasteiger partial charge is 0.326 e. The number of halogens is 1. The third-order valence-electron chi connectivity index (χ3n) is 3.38. The molecule has 0 aliphatic carbocycles. The minimum Gasteiger partial charge on any atom is -0.326 e. The fourth-order valence-electron chi connectivity index (χ4n) is 2.05. The van der Waals surface area contributed by atoms with Crippen LogP contribution >= 0.6 is 22.9 Å². The molecule has 0 saturated heterocycles. The molecule has 8 heteroatoms. The maximum absolute atomic E-state index is 12.1. The number of thiazole rings is 1. The molecule has 0 aliphatic rings. The van der Waals surface area contributed by atoms with Crippen molar-refractivity contribution in [2.45, 2.75) is 33.2 Å². The van der Waals surface area contributed by atoms with Gasteiger partial charge in [0.05, 0.1) is 10.7 Å². The second-order valence-electron chi connectivity index (χ2n) is 5.19. The van der Waals surface area contributed by atoms with Crippen LogP contribution in [0.4, 0.5) is 11.4 Å². The van der Waals surface area contributed by atoms with Crippen molar-refractivity contribution in [2.24, 2.45) is 0 Å². The van der Waals surface area contributed by atoms with E-state index in [2.05, 4.69) is 10.6 Å². The van der Waals surface area contributed by atoms with Gasteiger partial charge in [0.1, 0.15) is 0 Å². The van der Waals surface area contributed by atoms with Gasteiger partial charge in [-0.15, -0.1) is 0 Å². The fraction of sp³-hybridized carbons (Fsp3) is 0.312. The first-order chi connectivity index (χ1) is 11.4. The van der Waals surface area contributed by atoms with Crippen molar-refractivity contribution >= 4 is 46.1 Å². The van der Waals surface area contributed by atoms with Gasteiger partial charge in [-0.3, -0.25) is 14.4 Å². The highest BCUT2D eigenvalue weighted by atomic mass is 35.5. The van der Waals surface area contributed by atoms with Gasteiger partial charge in [-0.1, -0.05) is 29.9 Å². The van der Waals surface area contributed by atoms with E-state index < -0.39 is 0 Å². The zero-order chi connectivity index (χ0) is 17.7. The van der Waals surface area contributed by atoms with E-state index in [1.807, 2.05) is 6.92 Å².